The summed E-state index contributed by atoms with van der Waals surface area (Å²) in [5.41, 5.74) is 0. The van der Waals surface area contributed by atoms with Gasteiger partial charge in [0.05, 0.1) is 12.1 Å². The number of rotatable bonds is 5. The molecule has 0 aliphatic heterocycles. The summed E-state index contributed by atoms with van der Waals surface area (Å²) in [6, 6.07) is 0.618. The van der Waals surface area contributed by atoms with E-state index in [9.17, 15) is 0 Å². The third-order valence-corrected chi connectivity index (χ3v) is 4.28. The van der Waals surface area contributed by atoms with E-state index in [-0.39, 0.29) is 6.04 Å². The van der Waals surface area contributed by atoms with Gasteiger partial charge in [0.2, 0.25) is 0 Å². The summed E-state index contributed by atoms with van der Waals surface area (Å²) in [6.45, 7) is 4.32. The molecule has 1 N–H and O–H groups in total. The van der Waals surface area contributed by atoms with Gasteiger partial charge in [-0.1, -0.05) is 6.92 Å². The van der Waals surface area contributed by atoms with Crippen molar-refractivity contribution in [2.75, 3.05) is 0 Å². The zero-order valence-electron chi connectivity index (χ0n) is 9.38. The molecule has 0 fully saturated rings. The van der Waals surface area contributed by atoms with Gasteiger partial charge in [0.15, 0.2) is 0 Å². The Bertz CT molecular complexity index is 397. The first-order valence-electron chi connectivity index (χ1n) is 5.36. The predicted octanol–water partition coefficient (Wildman–Crippen LogP) is 3.40. The van der Waals surface area contributed by atoms with E-state index in [0.717, 1.165) is 16.4 Å². The van der Waals surface area contributed by atoms with Gasteiger partial charge in [0.1, 0.15) is 10.0 Å². The fourth-order valence-corrected chi connectivity index (χ4v) is 3.03. The molecule has 0 spiro atoms. The number of nitrogens with zero attached hydrogens (tertiary/aromatic N) is 2. The summed E-state index contributed by atoms with van der Waals surface area (Å²) in [5.74, 6) is 0. The predicted molar refractivity (Wildman–Crippen MR) is 68.8 cm³/mol. The van der Waals surface area contributed by atoms with E-state index < -0.39 is 0 Å². The average molecular weight is 253 g/mol. The van der Waals surface area contributed by atoms with Crippen molar-refractivity contribution in [2.24, 2.45) is 0 Å². The number of hydrogen-bond acceptors (Lipinski definition) is 5. The maximum absolute atomic E-state index is 4.36. The average Bonchev–Trinajstić information content (AvgIpc) is 2.96. The minimum atomic E-state index is 0.286. The highest BCUT2D eigenvalue weighted by Gasteiger charge is 2.16. The largest absolute Gasteiger partial charge is 0.299 e. The number of hydrogen-bond donors (Lipinski definition) is 1. The van der Waals surface area contributed by atoms with Crippen molar-refractivity contribution in [3.63, 3.8) is 0 Å². The smallest absolute Gasteiger partial charge is 0.109 e. The monoisotopic (exact) mass is 253 g/mol. The summed E-state index contributed by atoms with van der Waals surface area (Å²) in [5, 5.41) is 9.89. The minimum Gasteiger partial charge on any atom is -0.299 e. The van der Waals surface area contributed by atoms with Crippen molar-refractivity contribution in [1.29, 1.82) is 0 Å². The Balaban J connectivity index is 2.02. The molecule has 0 amide bonds. The summed E-state index contributed by atoms with van der Waals surface area (Å²) in [4.78, 5) is 8.68. The summed E-state index contributed by atoms with van der Waals surface area (Å²) >= 11 is 3.39. The van der Waals surface area contributed by atoms with Crippen molar-refractivity contribution in [3.8, 4) is 0 Å². The van der Waals surface area contributed by atoms with E-state index in [1.54, 1.807) is 22.7 Å². The van der Waals surface area contributed by atoms with Gasteiger partial charge in [-0.3, -0.25) is 5.32 Å². The van der Waals surface area contributed by atoms with E-state index >= 15 is 0 Å². The molecule has 0 saturated heterocycles. The molecule has 0 aliphatic rings. The molecule has 0 radical (unpaired) electrons. The quantitative estimate of drug-likeness (QED) is 0.887. The second-order valence-corrected chi connectivity index (χ2v) is 5.44. The molecule has 2 atom stereocenters. The van der Waals surface area contributed by atoms with Crippen LogP contribution in [-0.4, -0.2) is 9.97 Å². The Labute approximate surface area is 104 Å². The summed E-state index contributed by atoms with van der Waals surface area (Å²) < 4.78 is 0. The maximum Gasteiger partial charge on any atom is 0.109 e. The van der Waals surface area contributed by atoms with Crippen LogP contribution in [-0.2, 0) is 0 Å². The van der Waals surface area contributed by atoms with Crippen molar-refractivity contribution < 1.29 is 0 Å². The highest BCUT2D eigenvalue weighted by molar-refractivity contribution is 7.09. The van der Waals surface area contributed by atoms with Gasteiger partial charge < -0.3 is 0 Å². The SMILES string of the molecule is CCC(NC(C)c1nccs1)c1nccs1. The molecule has 2 unspecified atom stereocenters. The lowest BCUT2D eigenvalue weighted by Gasteiger charge is -2.18. The van der Waals surface area contributed by atoms with Gasteiger partial charge in [-0.05, 0) is 13.3 Å². The molecular formula is C11H15N3S2. The molecule has 2 aromatic rings. The fourth-order valence-electron chi connectivity index (χ4n) is 1.59. The molecular weight excluding hydrogens is 238 g/mol. The molecule has 2 aromatic heterocycles. The maximum atomic E-state index is 4.36. The molecule has 0 bridgehead atoms. The first-order valence-corrected chi connectivity index (χ1v) is 7.12. The molecule has 2 heterocycles. The van der Waals surface area contributed by atoms with Crippen molar-refractivity contribution in [1.82, 2.24) is 15.3 Å². The highest BCUT2D eigenvalue weighted by atomic mass is 32.1. The van der Waals surface area contributed by atoms with Gasteiger partial charge in [-0.25, -0.2) is 9.97 Å². The Morgan fingerprint density at radius 3 is 2.31 bits per heavy atom. The zero-order valence-corrected chi connectivity index (χ0v) is 11.0. The van der Waals surface area contributed by atoms with E-state index in [4.69, 9.17) is 0 Å². The molecule has 86 valence electrons. The van der Waals surface area contributed by atoms with E-state index in [0.29, 0.717) is 6.04 Å². The second kappa shape index (κ2) is 5.52. The van der Waals surface area contributed by atoms with Gasteiger partial charge in [-0.15, -0.1) is 22.7 Å². The van der Waals surface area contributed by atoms with Crippen LogP contribution in [0, 0.1) is 0 Å². The normalized spacial score (nSPS) is 14.9. The third-order valence-electron chi connectivity index (χ3n) is 2.43. The van der Waals surface area contributed by atoms with Crippen LogP contribution in [0.1, 0.15) is 42.4 Å². The molecule has 0 saturated carbocycles. The van der Waals surface area contributed by atoms with Crippen LogP contribution < -0.4 is 5.32 Å². The van der Waals surface area contributed by atoms with Crippen LogP contribution >= 0.6 is 22.7 Å². The van der Waals surface area contributed by atoms with Crippen molar-refractivity contribution in [2.45, 2.75) is 32.4 Å². The fraction of sp³-hybridized carbons (Fsp3) is 0.455. The standard InChI is InChI=1S/C11H15N3S2/c1-3-9(11-13-5-7-16-11)14-8(2)10-12-4-6-15-10/h4-9,14H,3H2,1-2H3. The van der Waals surface area contributed by atoms with Gasteiger partial charge in [-0.2, -0.15) is 0 Å². The molecule has 16 heavy (non-hydrogen) atoms. The second-order valence-electron chi connectivity index (χ2n) is 3.59. The van der Waals surface area contributed by atoms with Crippen molar-refractivity contribution >= 4 is 22.7 Å². The number of nitrogens with one attached hydrogen (secondary N) is 1. The van der Waals surface area contributed by atoms with Crippen LogP contribution in [0.3, 0.4) is 0 Å². The van der Waals surface area contributed by atoms with Gasteiger partial charge in [0, 0.05) is 23.2 Å². The number of thiazole rings is 2. The molecule has 0 aromatic carbocycles. The minimum absolute atomic E-state index is 0.286. The Hall–Kier alpha value is -0.780. The van der Waals surface area contributed by atoms with Crippen LogP contribution in [0.4, 0.5) is 0 Å². The van der Waals surface area contributed by atoms with E-state index in [1.165, 1.54) is 0 Å². The summed E-state index contributed by atoms with van der Waals surface area (Å²) in [7, 11) is 0. The van der Waals surface area contributed by atoms with Gasteiger partial charge in [0.25, 0.3) is 0 Å². The van der Waals surface area contributed by atoms with E-state index in [1.807, 2.05) is 23.2 Å². The molecule has 2 rings (SSSR count). The zero-order chi connectivity index (χ0) is 11.4. The van der Waals surface area contributed by atoms with Crippen LogP contribution in [0.25, 0.3) is 0 Å². The van der Waals surface area contributed by atoms with E-state index in [2.05, 4.69) is 29.1 Å². The molecule has 3 nitrogen and oxygen atoms in total. The lowest BCUT2D eigenvalue weighted by molar-refractivity contribution is 0.454. The highest BCUT2D eigenvalue weighted by Crippen LogP contribution is 2.24. The van der Waals surface area contributed by atoms with Crippen LogP contribution in [0.5, 0.6) is 0 Å². The first kappa shape index (κ1) is 11.7. The third kappa shape index (κ3) is 2.66. The Morgan fingerprint density at radius 2 is 1.81 bits per heavy atom. The Kier molecular flexibility index (Phi) is 4.04. The van der Waals surface area contributed by atoms with Crippen LogP contribution in [0.15, 0.2) is 23.2 Å². The molecule has 0 aliphatic carbocycles. The molecule has 5 heteroatoms. The lowest BCUT2D eigenvalue weighted by atomic mass is 10.2. The van der Waals surface area contributed by atoms with Crippen molar-refractivity contribution in [3.05, 3.63) is 33.2 Å². The van der Waals surface area contributed by atoms with Gasteiger partial charge >= 0.3 is 0 Å². The Morgan fingerprint density at radius 1 is 1.19 bits per heavy atom. The number of aromatic nitrogens is 2. The first-order chi connectivity index (χ1) is 7.81. The topological polar surface area (TPSA) is 37.8 Å². The summed E-state index contributed by atoms with van der Waals surface area (Å²) in [6.07, 6.45) is 4.75. The lowest BCUT2D eigenvalue weighted by Crippen LogP contribution is -2.24. The van der Waals surface area contributed by atoms with Crippen LogP contribution in [0.2, 0.25) is 0 Å².